The van der Waals surface area contributed by atoms with E-state index in [4.69, 9.17) is 23.8 Å². The summed E-state index contributed by atoms with van der Waals surface area (Å²) in [6, 6.07) is 8.87. The Morgan fingerprint density at radius 1 is 1.38 bits per heavy atom. The number of halogens is 1. The average Bonchev–Trinajstić information content (AvgIpc) is 3.13. The van der Waals surface area contributed by atoms with Crippen LogP contribution < -0.4 is 10.7 Å². The zero-order valence-corrected chi connectivity index (χ0v) is 16.5. The van der Waals surface area contributed by atoms with Crippen LogP contribution in [0.15, 0.2) is 30.3 Å². The Kier molecular flexibility index (Phi) is 5.55. The monoisotopic (exact) mass is 408 g/mol. The van der Waals surface area contributed by atoms with Crippen molar-refractivity contribution in [2.75, 3.05) is 11.1 Å². The molecule has 1 aliphatic rings. The third-order valence-corrected chi connectivity index (χ3v) is 5.51. The Morgan fingerprint density at radius 3 is 2.69 bits per heavy atom. The Labute approximate surface area is 165 Å². The van der Waals surface area contributed by atoms with Gasteiger partial charge in [0.25, 0.3) is 5.91 Å². The molecule has 1 aromatic heterocycles. The van der Waals surface area contributed by atoms with Gasteiger partial charge in [0.05, 0.1) is 11.4 Å². The molecule has 3 rings (SSSR count). The number of nitrogens with zero attached hydrogens (tertiary/aromatic N) is 1. The van der Waals surface area contributed by atoms with Crippen LogP contribution in [-0.4, -0.2) is 32.5 Å². The number of ketones is 1. The maximum Gasteiger partial charge on any atom is 0.252 e. The summed E-state index contributed by atoms with van der Waals surface area (Å²) in [5, 5.41) is 5.13. The highest BCUT2D eigenvalue weighted by Crippen LogP contribution is 2.37. The van der Waals surface area contributed by atoms with Gasteiger partial charge in [-0.3, -0.25) is 15.0 Å². The average molecular weight is 409 g/mol. The van der Waals surface area contributed by atoms with Gasteiger partial charge in [-0.15, -0.1) is 11.8 Å². The van der Waals surface area contributed by atoms with E-state index in [1.165, 1.54) is 23.7 Å². The lowest BCUT2D eigenvalue weighted by Gasteiger charge is -2.25. The van der Waals surface area contributed by atoms with Gasteiger partial charge in [0.2, 0.25) is 0 Å². The summed E-state index contributed by atoms with van der Waals surface area (Å²) in [5.74, 6) is 0.227. The molecular weight excluding hydrogens is 392 g/mol. The molecule has 0 bridgehead atoms. The molecule has 1 amide bonds. The summed E-state index contributed by atoms with van der Waals surface area (Å²) in [6.45, 7) is 3.36. The summed E-state index contributed by atoms with van der Waals surface area (Å²) in [6.07, 6.45) is 0. The second kappa shape index (κ2) is 7.69. The zero-order chi connectivity index (χ0) is 18.8. The van der Waals surface area contributed by atoms with E-state index in [1.807, 2.05) is 6.92 Å². The highest BCUT2D eigenvalue weighted by molar-refractivity contribution is 8.00. The van der Waals surface area contributed by atoms with Gasteiger partial charge in [0.15, 0.2) is 10.9 Å². The molecule has 2 aromatic rings. The molecule has 1 aliphatic heterocycles. The number of anilines is 1. The van der Waals surface area contributed by atoms with Crippen LogP contribution in [-0.2, 0) is 4.79 Å². The number of Topliss-reactive ketones (excluding diaryl/α,β-unsaturated/α-hetero) is 1. The number of thiocarbonyl (C=S) groups is 1. The lowest BCUT2D eigenvalue weighted by Crippen LogP contribution is -2.46. The number of carbonyl (C=O) groups excluding carboxylic acids is 2. The van der Waals surface area contributed by atoms with Crippen molar-refractivity contribution in [2.24, 2.45) is 0 Å². The van der Waals surface area contributed by atoms with Crippen molar-refractivity contribution >= 4 is 58.1 Å². The molecule has 0 spiro atoms. The fraction of sp³-hybridized carbons (Fsp3) is 0.235. The van der Waals surface area contributed by atoms with Crippen molar-refractivity contribution < 1.29 is 9.59 Å². The normalized spacial score (nSPS) is 16.7. The predicted molar refractivity (Wildman–Crippen MR) is 108 cm³/mol. The minimum atomic E-state index is -0.292. The molecule has 9 heteroatoms. The van der Waals surface area contributed by atoms with Gasteiger partial charge >= 0.3 is 0 Å². The summed E-state index contributed by atoms with van der Waals surface area (Å²) in [5.41, 5.74) is 5.90. The third kappa shape index (κ3) is 4.03. The van der Waals surface area contributed by atoms with E-state index < -0.39 is 0 Å². The summed E-state index contributed by atoms with van der Waals surface area (Å²) in [4.78, 5) is 27.1. The molecular formula is C17H17ClN4O2S2. The van der Waals surface area contributed by atoms with Crippen LogP contribution in [0.4, 0.5) is 5.69 Å². The number of benzene rings is 1. The second-order valence-electron chi connectivity index (χ2n) is 5.82. The fourth-order valence-electron chi connectivity index (χ4n) is 2.66. The van der Waals surface area contributed by atoms with Gasteiger partial charge in [-0.25, -0.2) is 5.01 Å². The van der Waals surface area contributed by atoms with Crippen molar-refractivity contribution in [3.8, 4) is 0 Å². The highest BCUT2D eigenvalue weighted by Gasteiger charge is 2.35. The Balaban J connectivity index is 1.73. The summed E-state index contributed by atoms with van der Waals surface area (Å²) >= 11 is 12.6. The Morgan fingerprint density at radius 2 is 2.08 bits per heavy atom. The number of aromatic amines is 1. The van der Waals surface area contributed by atoms with Crippen LogP contribution in [0.5, 0.6) is 0 Å². The first kappa shape index (κ1) is 18.8. The van der Waals surface area contributed by atoms with Gasteiger partial charge in [-0.05, 0) is 56.4 Å². The number of carbonyl (C=O) groups is 2. The maximum absolute atomic E-state index is 12.3. The van der Waals surface area contributed by atoms with Gasteiger partial charge < -0.3 is 10.3 Å². The van der Waals surface area contributed by atoms with Gasteiger partial charge in [-0.1, -0.05) is 11.6 Å². The fourth-order valence-corrected chi connectivity index (χ4v) is 4.07. The van der Waals surface area contributed by atoms with E-state index in [0.29, 0.717) is 21.5 Å². The largest absolute Gasteiger partial charge is 0.359 e. The number of H-pyrrole nitrogens is 1. The van der Waals surface area contributed by atoms with E-state index in [1.54, 1.807) is 30.3 Å². The van der Waals surface area contributed by atoms with Crippen molar-refractivity contribution in [3.05, 3.63) is 52.3 Å². The Hall–Kier alpha value is -2.03. The number of nitrogens with one attached hydrogen (secondary N) is 3. The molecule has 1 fully saturated rings. The smallest absolute Gasteiger partial charge is 0.252 e. The molecule has 1 aromatic carbocycles. The van der Waals surface area contributed by atoms with Gasteiger partial charge in [0.1, 0.15) is 5.37 Å². The highest BCUT2D eigenvalue weighted by atomic mass is 35.5. The van der Waals surface area contributed by atoms with Crippen LogP contribution in [0.25, 0.3) is 0 Å². The number of thioether (sulfide) groups is 1. The molecule has 0 saturated carbocycles. The molecule has 136 valence electrons. The SMILES string of the molecule is CC(=O)c1cc(C2SCC(=O)N2NC(=S)Nc2ccc(Cl)cc2)[nH]c1C. The Bertz CT molecular complexity index is 866. The van der Waals surface area contributed by atoms with E-state index in [-0.39, 0.29) is 17.1 Å². The second-order valence-corrected chi connectivity index (χ2v) is 7.73. The minimum Gasteiger partial charge on any atom is -0.359 e. The topological polar surface area (TPSA) is 77.2 Å². The van der Waals surface area contributed by atoms with Crippen molar-refractivity contribution in [1.82, 2.24) is 15.4 Å². The third-order valence-electron chi connectivity index (χ3n) is 3.87. The molecule has 26 heavy (non-hydrogen) atoms. The van der Waals surface area contributed by atoms with Crippen molar-refractivity contribution in [2.45, 2.75) is 19.2 Å². The zero-order valence-electron chi connectivity index (χ0n) is 14.1. The molecule has 0 aliphatic carbocycles. The molecule has 0 radical (unpaired) electrons. The molecule has 1 atom stereocenters. The standard InChI is InChI=1S/C17H17ClN4O2S2/c1-9-13(10(2)23)7-14(19-9)16-22(15(24)8-26-16)21-17(25)20-12-5-3-11(18)4-6-12/h3-7,16,19H,8H2,1-2H3,(H2,20,21,25). The first-order valence-electron chi connectivity index (χ1n) is 7.82. The van der Waals surface area contributed by atoms with Crippen LogP contribution in [0, 0.1) is 6.92 Å². The quantitative estimate of drug-likeness (QED) is 0.529. The molecule has 6 nitrogen and oxygen atoms in total. The number of amides is 1. The maximum atomic E-state index is 12.3. The van der Waals surface area contributed by atoms with E-state index in [2.05, 4.69) is 15.7 Å². The van der Waals surface area contributed by atoms with Gasteiger partial charge in [-0.2, -0.15) is 0 Å². The summed E-state index contributed by atoms with van der Waals surface area (Å²) < 4.78 is 0. The van der Waals surface area contributed by atoms with Crippen molar-refractivity contribution in [1.29, 1.82) is 0 Å². The van der Waals surface area contributed by atoms with Crippen LogP contribution >= 0.6 is 35.6 Å². The first-order chi connectivity index (χ1) is 12.3. The van der Waals surface area contributed by atoms with E-state index in [0.717, 1.165) is 17.1 Å². The number of aryl methyl sites for hydroxylation is 1. The van der Waals surface area contributed by atoms with Gasteiger partial charge in [0, 0.05) is 22.0 Å². The molecule has 2 heterocycles. The van der Waals surface area contributed by atoms with Crippen LogP contribution in [0.1, 0.15) is 34.0 Å². The number of hydrazine groups is 1. The molecule has 3 N–H and O–H groups in total. The number of rotatable bonds is 4. The van der Waals surface area contributed by atoms with Crippen molar-refractivity contribution in [3.63, 3.8) is 0 Å². The van der Waals surface area contributed by atoms with Crippen LogP contribution in [0.2, 0.25) is 5.02 Å². The van der Waals surface area contributed by atoms with Crippen LogP contribution in [0.3, 0.4) is 0 Å². The number of aromatic nitrogens is 1. The lowest BCUT2D eigenvalue weighted by atomic mass is 10.2. The molecule has 1 unspecified atom stereocenters. The minimum absolute atomic E-state index is 0.0150. The molecule has 1 saturated heterocycles. The van der Waals surface area contributed by atoms with E-state index in [9.17, 15) is 9.59 Å². The first-order valence-corrected chi connectivity index (χ1v) is 9.66. The summed E-state index contributed by atoms with van der Waals surface area (Å²) in [7, 11) is 0. The van der Waals surface area contributed by atoms with E-state index >= 15 is 0 Å². The number of hydrogen-bond donors (Lipinski definition) is 3. The lowest BCUT2D eigenvalue weighted by molar-refractivity contribution is -0.129. The number of hydrogen-bond acceptors (Lipinski definition) is 4. The predicted octanol–water partition coefficient (Wildman–Crippen LogP) is 3.65.